The Morgan fingerprint density at radius 1 is 0.538 bits per heavy atom. The van der Waals surface area contributed by atoms with Crippen LogP contribution in [0.4, 0.5) is 0 Å². The lowest BCUT2D eigenvalue weighted by Crippen LogP contribution is -2.00. The average molecular weight is 700 g/mol. The average Bonchev–Trinajstić information content (AvgIpc) is 3.88. The Morgan fingerprint density at radius 3 is 2.02 bits per heavy atom. The summed E-state index contributed by atoms with van der Waals surface area (Å²) in [6.45, 7) is 0. The normalized spacial score (nSPS) is 14.0. The van der Waals surface area contributed by atoms with E-state index in [2.05, 4.69) is 115 Å². The van der Waals surface area contributed by atoms with E-state index in [1.54, 1.807) is 0 Å². The molecule has 3 heterocycles. The Labute approximate surface area is 309 Å². The molecule has 0 radical (unpaired) electrons. The molecule has 0 saturated carbocycles. The fraction of sp³-hybridized carbons (Fsp3) is 0.0426. The van der Waals surface area contributed by atoms with Gasteiger partial charge in [0.15, 0.2) is 17.5 Å². The third-order valence-corrected chi connectivity index (χ3v) is 12.7. The molecule has 244 valence electrons. The van der Waals surface area contributed by atoms with Crippen LogP contribution in [0.5, 0.6) is 0 Å². The number of aromatic nitrogens is 3. The molecule has 0 amide bonds. The van der Waals surface area contributed by atoms with Gasteiger partial charge < -0.3 is 0 Å². The van der Waals surface area contributed by atoms with Gasteiger partial charge in [0, 0.05) is 52.0 Å². The maximum atomic E-state index is 5.22. The van der Waals surface area contributed by atoms with Crippen molar-refractivity contribution in [1.29, 1.82) is 0 Å². The molecule has 3 aromatic heterocycles. The van der Waals surface area contributed by atoms with Crippen molar-refractivity contribution in [1.82, 2.24) is 15.0 Å². The summed E-state index contributed by atoms with van der Waals surface area (Å²) in [6.07, 6.45) is 9.25. The van der Waals surface area contributed by atoms with Gasteiger partial charge in [-0.3, -0.25) is 0 Å². The third-order valence-electron chi connectivity index (χ3n) is 10.4. The topological polar surface area (TPSA) is 38.7 Å². The van der Waals surface area contributed by atoms with E-state index >= 15 is 0 Å². The summed E-state index contributed by atoms with van der Waals surface area (Å²) < 4.78 is 3.85. The highest BCUT2D eigenvalue weighted by molar-refractivity contribution is 7.26. The number of thiophene rings is 2. The van der Waals surface area contributed by atoms with Crippen LogP contribution in [-0.2, 0) is 6.42 Å². The molecule has 2 aliphatic rings. The standard InChI is InChI=1S/C47H29N3S2/c1-3-13-29(14-4-1)45-48-46(30-15-5-2-6-16-30)50-47(49-45)38-26-28(27-41-42(38)36-20-10-12-22-40(36)51-41)25-37-32-18-8-7-17-31(32)34-23-24-35-33-19-9-11-21-39(33)52-44(35)43(34)37/h1-8,10-18,20-27H,9,19H2/b37-25-. The number of fused-ring (bicyclic) bond motifs is 10. The van der Waals surface area contributed by atoms with Crippen LogP contribution in [0.15, 0.2) is 140 Å². The quantitative estimate of drug-likeness (QED) is 0.184. The van der Waals surface area contributed by atoms with Gasteiger partial charge in [-0.05, 0) is 82.0 Å². The number of aryl methyl sites for hydroxylation is 1. The Morgan fingerprint density at radius 2 is 1.23 bits per heavy atom. The van der Waals surface area contributed by atoms with Crippen molar-refractivity contribution in [2.75, 3.05) is 0 Å². The number of benzene rings is 6. The highest BCUT2D eigenvalue weighted by Crippen LogP contribution is 2.52. The summed E-state index contributed by atoms with van der Waals surface area (Å²) >= 11 is 3.77. The predicted octanol–water partition coefficient (Wildman–Crippen LogP) is 13.0. The highest BCUT2D eigenvalue weighted by Gasteiger charge is 2.28. The van der Waals surface area contributed by atoms with Crippen LogP contribution in [0.25, 0.3) is 93.3 Å². The molecule has 2 aliphatic carbocycles. The molecule has 0 N–H and O–H groups in total. The van der Waals surface area contributed by atoms with Gasteiger partial charge in [-0.1, -0.05) is 121 Å². The minimum absolute atomic E-state index is 0.664. The van der Waals surface area contributed by atoms with Crippen molar-refractivity contribution >= 4 is 70.7 Å². The lowest BCUT2D eigenvalue weighted by atomic mass is 9.95. The van der Waals surface area contributed by atoms with Crippen molar-refractivity contribution in [3.8, 4) is 45.3 Å². The maximum absolute atomic E-state index is 5.22. The SMILES string of the molecule is C1=Cc2sc3c4c(ccc3c2CC1)-c1ccccc1/C4=C/c1cc(-c2nc(-c3ccccc3)nc(-c3ccccc3)n2)c2c(c1)sc1ccccc12. The lowest BCUT2D eigenvalue weighted by Gasteiger charge is -2.11. The first-order valence-corrected chi connectivity index (χ1v) is 19.3. The van der Waals surface area contributed by atoms with Crippen molar-refractivity contribution < 1.29 is 0 Å². The van der Waals surface area contributed by atoms with Crippen LogP contribution in [0.1, 0.15) is 33.6 Å². The van der Waals surface area contributed by atoms with E-state index in [9.17, 15) is 0 Å². The number of nitrogens with zero attached hydrogens (tertiary/aromatic N) is 3. The smallest absolute Gasteiger partial charge is 0.164 e. The van der Waals surface area contributed by atoms with Crippen LogP contribution in [0.3, 0.4) is 0 Å². The Bertz CT molecular complexity index is 2890. The number of rotatable bonds is 4. The molecule has 9 aromatic rings. The van der Waals surface area contributed by atoms with E-state index in [4.69, 9.17) is 15.0 Å². The predicted molar refractivity (Wildman–Crippen MR) is 221 cm³/mol. The fourth-order valence-electron chi connectivity index (χ4n) is 8.00. The molecule has 11 rings (SSSR count). The summed E-state index contributed by atoms with van der Waals surface area (Å²) in [5.41, 5.74) is 12.1. The van der Waals surface area contributed by atoms with E-state index in [1.807, 2.05) is 59.1 Å². The second kappa shape index (κ2) is 11.8. The molecule has 0 saturated heterocycles. The molecule has 0 spiro atoms. The number of hydrogen-bond donors (Lipinski definition) is 0. The fourth-order valence-corrected chi connectivity index (χ4v) is 10.5. The molecule has 0 fully saturated rings. The lowest BCUT2D eigenvalue weighted by molar-refractivity contribution is 1.01. The largest absolute Gasteiger partial charge is 0.208 e. The first-order valence-electron chi connectivity index (χ1n) is 17.7. The van der Waals surface area contributed by atoms with Crippen LogP contribution in [0, 0.1) is 0 Å². The molecule has 0 unspecified atom stereocenters. The number of hydrogen-bond acceptors (Lipinski definition) is 5. The zero-order chi connectivity index (χ0) is 34.2. The van der Waals surface area contributed by atoms with Gasteiger partial charge in [0.25, 0.3) is 0 Å². The van der Waals surface area contributed by atoms with Gasteiger partial charge in [0.2, 0.25) is 0 Å². The summed E-state index contributed by atoms with van der Waals surface area (Å²) in [5.74, 6) is 2.00. The molecule has 0 atom stereocenters. The first-order chi connectivity index (χ1) is 25.8. The zero-order valence-electron chi connectivity index (χ0n) is 28.0. The minimum atomic E-state index is 0.664. The summed E-state index contributed by atoms with van der Waals surface area (Å²) in [6, 6.07) is 47.4. The summed E-state index contributed by atoms with van der Waals surface area (Å²) in [7, 11) is 0. The minimum Gasteiger partial charge on any atom is -0.208 e. The molecule has 6 aromatic carbocycles. The second-order valence-corrected chi connectivity index (χ2v) is 15.6. The van der Waals surface area contributed by atoms with Gasteiger partial charge >= 0.3 is 0 Å². The van der Waals surface area contributed by atoms with Crippen molar-refractivity contribution in [3.05, 3.63) is 167 Å². The van der Waals surface area contributed by atoms with Crippen LogP contribution >= 0.6 is 22.7 Å². The summed E-state index contributed by atoms with van der Waals surface area (Å²) in [4.78, 5) is 16.8. The van der Waals surface area contributed by atoms with Crippen molar-refractivity contribution in [3.63, 3.8) is 0 Å². The first kappa shape index (κ1) is 29.7. The highest BCUT2D eigenvalue weighted by atomic mass is 32.1. The van der Waals surface area contributed by atoms with Gasteiger partial charge in [0.1, 0.15) is 0 Å². The Kier molecular flexibility index (Phi) is 6.72. The molecule has 5 heteroatoms. The van der Waals surface area contributed by atoms with Gasteiger partial charge in [-0.25, -0.2) is 15.0 Å². The van der Waals surface area contributed by atoms with Gasteiger partial charge in [-0.15, -0.1) is 22.7 Å². The molecule has 3 nitrogen and oxygen atoms in total. The van der Waals surface area contributed by atoms with Gasteiger partial charge in [-0.2, -0.15) is 0 Å². The Balaban J connectivity index is 1.19. The zero-order valence-corrected chi connectivity index (χ0v) is 29.6. The summed E-state index contributed by atoms with van der Waals surface area (Å²) in [5, 5.41) is 3.80. The van der Waals surface area contributed by atoms with E-state index in [0.717, 1.165) is 35.1 Å². The van der Waals surface area contributed by atoms with Crippen LogP contribution in [-0.4, -0.2) is 15.0 Å². The van der Waals surface area contributed by atoms with Crippen LogP contribution < -0.4 is 0 Å². The maximum Gasteiger partial charge on any atom is 0.164 e. The molecular weight excluding hydrogens is 671 g/mol. The Hall–Kier alpha value is -6.01. The van der Waals surface area contributed by atoms with Gasteiger partial charge in [0.05, 0.1) is 0 Å². The third kappa shape index (κ3) is 4.67. The molecule has 0 aliphatic heterocycles. The van der Waals surface area contributed by atoms with E-state index in [0.29, 0.717) is 17.5 Å². The molecule has 52 heavy (non-hydrogen) atoms. The number of allylic oxidation sites excluding steroid dienone is 1. The molecular formula is C47H29N3S2. The van der Waals surface area contributed by atoms with Crippen LogP contribution in [0.2, 0.25) is 0 Å². The van der Waals surface area contributed by atoms with E-state index < -0.39 is 0 Å². The second-order valence-electron chi connectivity index (χ2n) is 13.4. The van der Waals surface area contributed by atoms with Crippen molar-refractivity contribution in [2.24, 2.45) is 0 Å². The van der Waals surface area contributed by atoms with E-state index in [-0.39, 0.29) is 0 Å². The molecule has 0 bridgehead atoms. The van der Waals surface area contributed by atoms with E-state index in [1.165, 1.54) is 68.5 Å². The monoisotopic (exact) mass is 699 g/mol. The van der Waals surface area contributed by atoms with Crippen molar-refractivity contribution in [2.45, 2.75) is 12.8 Å².